The lowest BCUT2D eigenvalue weighted by Gasteiger charge is -2.14. The second kappa shape index (κ2) is 2.28. The molecule has 0 saturated carbocycles. The van der Waals surface area contributed by atoms with E-state index in [1.54, 1.807) is 6.92 Å². The van der Waals surface area contributed by atoms with Crippen molar-refractivity contribution in [2.24, 2.45) is 0 Å². The molecule has 10 heavy (non-hydrogen) atoms. The van der Waals surface area contributed by atoms with Crippen molar-refractivity contribution in [2.75, 3.05) is 6.54 Å². The topological polar surface area (TPSA) is 49.4 Å². The van der Waals surface area contributed by atoms with Crippen LogP contribution in [0, 0.1) is 0 Å². The Morgan fingerprint density at radius 1 is 1.60 bits per heavy atom. The van der Waals surface area contributed by atoms with Crippen molar-refractivity contribution in [3.8, 4) is 0 Å². The Hall–Kier alpha value is -1.06. The number of amides is 3. The molecule has 1 atom stereocenters. The first-order chi connectivity index (χ1) is 4.66. The van der Waals surface area contributed by atoms with Gasteiger partial charge in [-0.25, -0.2) is 4.79 Å². The van der Waals surface area contributed by atoms with Crippen LogP contribution in [0.4, 0.5) is 4.79 Å². The summed E-state index contributed by atoms with van der Waals surface area (Å²) in [6.45, 7) is 4.14. The Kier molecular flexibility index (Phi) is 1.61. The van der Waals surface area contributed by atoms with Gasteiger partial charge in [-0.15, -0.1) is 0 Å². The Morgan fingerprint density at radius 2 is 2.20 bits per heavy atom. The van der Waals surface area contributed by atoms with Gasteiger partial charge in [-0.1, -0.05) is 0 Å². The van der Waals surface area contributed by atoms with Crippen molar-refractivity contribution in [2.45, 2.75) is 19.9 Å². The zero-order valence-corrected chi connectivity index (χ0v) is 6.05. The fourth-order valence-electron chi connectivity index (χ4n) is 1.02. The van der Waals surface area contributed by atoms with Crippen LogP contribution >= 0.6 is 0 Å². The van der Waals surface area contributed by atoms with E-state index in [-0.39, 0.29) is 18.0 Å². The van der Waals surface area contributed by atoms with Gasteiger partial charge in [0, 0.05) is 6.54 Å². The number of hydrogen-bond acceptors (Lipinski definition) is 2. The van der Waals surface area contributed by atoms with Gasteiger partial charge in [0.15, 0.2) is 0 Å². The zero-order valence-electron chi connectivity index (χ0n) is 6.05. The molecule has 0 bridgehead atoms. The molecule has 0 aromatic carbocycles. The average molecular weight is 142 g/mol. The summed E-state index contributed by atoms with van der Waals surface area (Å²) < 4.78 is 0. The molecule has 1 aliphatic rings. The molecular formula is C6H10N2O2. The number of carbonyl (C=O) groups excluding carboxylic acids is 2. The normalized spacial score (nSPS) is 25.4. The Morgan fingerprint density at radius 3 is 2.40 bits per heavy atom. The van der Waals surface area contributed by atoms with Gasteiger partial charge in [-0.05, 0) is 13.8 Å². The third-order valence-electron chi connectivity index (χ3n) is 1.68. The molecule has 1 saturated heterocycles. The Balaban J connectivity index is 2.73. The standard InChI is InChI=1S/C6H10N2O2/c1-3-8-4(2)5(9)7-6(8)10/h4H,3H2,1-2H3,(H,7,9,10). The van der Waals surface area contributed by atoms with Gasteiger partial charge >= 0.3 is 6.03 Å². The first-order valence-corrected chi connectivity index (χ1v) is 3.28. The molecule has 3 amide bonds. The van der Waals surface area contributed by atoms with Crippen LogP contribution in [0.3, 0.4) is 0 Å². The number of urea groups is 1. The van der Waals surface area contributed by atoms with Crippen LogP contribution in [0.15, 0.2) is 0 Å². The molecule has 0 aliphatic carbocycles. The number of imide groups is 1. The molecule has 1 unspecified atom stereocenters. The highest BCUT2D eigenvalue weighted by Crippen LogP contribution is 2.05. The summed E-state index contributed by atoms with van der Waals surface area (Å²) in [5, 5.41) is 2.22. The predicted octanol–water partition coefficient (Wildman–Crippen LogP) is -0.0534. The van der Waals surface area contributed by atoms with Gasteiger partial charge in [-0.3, -0.25) is 10.1 Å². The molecule has 1 aliphatic heterocycles. The third-order valence-corrected chi connectivity index (χ3v) is 1.68. The highest BCUT2D eigenvalue weighted by molar-refractivity contribution is 6.03. The number of likely N-dealkylation sites (N-methyl/N-ethyl adjacent to an activating group) is 1. The fourth-order valence-corrected chi connectivity index (χ4v) is 1.02. The van der Waals surface area contributed by atoms with Crippen LogP contribution in [0.2, 0.25) is 0 Å². The second-order valence-corrected chi connectivity index (χ2v) is 2.26. The Labute approximate surface area is 59.2 Å². The minimum absolute atomic E-state index is 0.202. The SMILES string of the molecule is CCN1C(=O)NC(=O)C1C. The van der Waals surface area contributed by atoms with Crippen LogP contribution in [0.25, 0.3) is 0 Å². The lowest BCUT2D eigenvalue weighted by atomic mass is 10.3. The van der Waals surface area contributed by atoms with Crippen LogP contribution in [-0.4, -0.2) is 29.4 Å². The monoisotopic (exact) mass is 142 g/mol. The minimum Gasteiger partial charge on any atom is -0.313 e. The zero-order chi connectivity index (χ0) is 7.72. The minimum atomic E-state index is -0.294. The lowest BCUT2D eigenvalue weighted by molar-refractivity contribution is -0.120. The van der Waals surface area contributed by atoms with Crippen molar-refractivity contribution < 1.29 is 9.59 Å². The highest BCUT2D eigenvalue weighted by atomic mass is 16.2. The molecule has 1 heterocycles. The molecule has 1 rings (SSSR count). The second-order valence-electron chi connectivity index (χ2n) is 2.26. The molecule has 4 heteroatoms. The summed E-state index contributed by atoms with van der Waals surface area (Å²) in [5.41, 5.74) is 0. The molecule has 0 aromatic rings. The molecule has 4 nitrogen and oxygen atoms in total. The summed E-state index contributed by atoms with van der Waals surface area (Å²) in [6.07, 6.45) is 0. The van der Waals surface area contributed by atoms with Crippen LogP contribution < -0.4 is 5.32 Å². The van der Waals surface area contributed by atoms with E-state index in [1.165, 1.54) is 4.90 Å². The van der Waals surface area contributed by atoms with Crippen LogP contribution in [-0.2, 0) is 4.79 Å². The maximum absolute atomic E-state index is 10.8. The number of rotatable bonds is 1. The van der Waals surface area contributed by atoms with Crippen molar-refractivity contribution in [3.63, 3.8) is 0 Å². The van der Waals surface area contributed by atoms with Gasteiger partial charge in [0.2, 0.25) is 0 Å². The number of hydrogen-bond donors (Lipinski definition) is 1. The van der Waals surface area contributed by atoms with E-state index < -0.39 is 0 Å². The summed E-state index contributed by atoms with van der Waals surface area (Å²) >= 11 is 0. The molecule has 56 valence electrons. The summed E-state index contributed by atoms with van der Waals surface area (Å²) in [6, 6.07) is -0.572. The predicted molar refractivity (Wildman–Crippen MR) is 35.4 cm³/mol. The van der Waals surface area contributed by atoms with E-state index in [0.717, 1.165) is 0 Å². The summed E-state index contributed by atoms with van der Waals surface area (Å²) in [7, 11) is 0. The van der Waals surface area contributed by atoms with E-state index in [9.17, 15) is 9.59 Å². The Bertz CT molecular complexity index is 179. The smallest absolute Gasteiger partial charge is 0.313 e. The van der Waals surface area contributed by atoms with E-state index in [0.29, 0.717) is 6.54 Å². The number of carbonyl (C=O) groups is 2. The van der Waals surface area contributed by atoms with Gasteiger partial charge in [0.25, 0.3) is 5.91 Å². The van der Waals surface area contributed by atoms with Crippen LogP contribution in [0.5, 0.6) is 0 Å². The van der Waals surface area contributed by atoms with E-state index in [1.807, 2.05) is 6.92 Å². The third kappa shape index (κ3) is 0.853. The largest absolute Gasteiger partial charge is 0.324 e. The van der Waals surface area contributed by atoms with Crippen molar-refractivity contribution in [3.05, 3.63) is 0 Å². The van der Waals surface area contributed by atoms with Crippen molar-refractivity contribution in [1.82, 2.24) is 10.2 Å². The average Bonchev–Trinajstić information content (AvgIpc) is 2.09. The number of nitrogens with one attached hydrogen (secondary N) is 1. The van der Waals surface area contributed by atoms with Crippen LogP contribution in [0.1, 0.15) is 13.8 Å². The van der Waals surface area contributed by atoms with E-state index in [4.69, 9.17) is 0 Å². The quantitative estimate of drug-likeness (QED) is 0.522. The van der Waals surface area contributed by atoms with Gasteiger partial charge in [0.05, 0.1) is 0 Å². The maximum Gasteiger partial charge on any atom is 0.324 e. The van der Waals surface area contributed by atoms with Crippen molar-refractivity contribution >= 4 is 11.9 Å². The van der Waals surface area contributed by atoms with Gasteiger partial charge < -0.3 is 4.90 Å². The molecule has 1 fully saturated rings. The van der Waals surface area contributed by atoms with E-state index in [2.05, 4.69) is 5.32 Å². The molecule has 0 aromatic heterocycles. The first kappa shape index (κ1) is 7.05. The number of nitrogens with zero attached hydrogens (tertiary/aromatic N) is 1. The lowest BCUT2D eigenvalue weighted by Crippen LogP contribution is -2.32. The first-order valence-electron chi connectivity index (χ1n) is 3.28. The summed E-state index contributed by atoms with van der Waals surface area (Å²) in [5.74, 6) is -0.202. The fraction of sp³-hybridized carbons (Fsp3) is 0.667. The van der Waals surface area contributed by atoms with E-state index >= 15 is 0 Å². The molecular weight excluding hydrogens is 132 g/mol. The molecule has 1 N–H and O–H groups in total. The molecule has 0 spiro atoms. The van der Waals surface area contributed by atoms with Gasteiger partial charge in [-0.2, -0.15) is 0 Å². The van der Waals surface area contributed by atoms with Crippen molar-refractivity contribution in [1.29, 1.82) is 0 Å². The maximum atomic E-state index is 10.8. The molecule has 0 radical (unpaired) electrons. The van der Waals surface area contributed by atoms with Gasteiger partial charge in [0.1, 0.15) is 6.04 Å². The summed E-state index contributed by atoms with van der Waals surface area (Å²) in [4.78, 5) is 23.1. The highest BCUT2D eigenvalue weighted by Gasteiger charge is 2.33.